The fourth-order valence-electron chi connectivity index (χ4n) is 1.82. The second kappa shape index (κ2) is 3.81. The molecule has 1 atom stereocenters. The Morgan fingerprint density at radius 3 is 2.31 bits per heavy atom. The molecule has 2 nitrogen and oxygen atoms in total. The number of hydrogen-bond donors (Lipinski definition) is 0. The second-order valence-electron chi connectivity index (χ2n) is 3.82. The molecule has 0 aliphatic carbocycles. The zero-order valence-electron chi connectivity index (χ0n) is 8.37. The van der Waals surface area contributed by atoms with Crippen LogP contribution >= 0.6 is 0 Å². The van der Waals surface area contributed by atoms with E-state index in [-0.39, 0.29) is 12.1 Å². The van der Waals surface area contributed by atoms with Crippen LogP contribution < -0.4 is 0 Å². The van der Waals surface area contributed by atoms with E-state index in [4.69, 9.17) is 0 Å². The molecule has 0 spiro atoms. The van der Waals surface area contributed by atoms with Crippen LogP contribution in [-0.2, 0) is 0 Å². The Labute approximate surface area is 90.6 Å². The van der Waals surface area contributed by atoms with Crippen LogP contribution in [0.2, 0.25) is 0 Å². The number of nitrogens with zero attached hydrogens (tertiary/aromatic N) is 1. The molecule has 1 aliphatic rings. The molecule has 0 N–H and O–H groups in total. The van der Waals surface area contributed by atoms with Crippen molar-refractivity contribution in [3.05, 3.63) is 41.1 Å². The maximum Gasteiger partial charge on any atom is 0.398 e. The van der Waals surface area contributed by atoms with Crippen LogP contribution in [0.3, 0.4) is 0 Å². The molecule has 1 aromatic carbocycles. The predicted octanol–water partition coefficient (Wildman–Crippen LogP) is 2.57. The Balaban J connectivity index is 2.23. The summed E-state index contributed by atoms with van der Waals surface area (Å²) in [5, 5.41) is 11.4. The van der Waals surface area contributed by atoms with Gasteiger partial charge in [-0.2, -0.15) is 13.2 Å². The first kappa shape index (κ1) is 11.0. The number of halogens is 3. The minimum Gasteiger partial charge on any atom is -0.624 e. The van der Waals surface area contributed by atoms with Crippen molar-refractivity contribution < 1.29 is 17.9 Å². The van der Waals surface area contributed by atoms with Gasteiger partial charge < -0.3 is 5.21 Å². The molecule has 1 aliphatic heterocycles. The zero-order chi connectivity index (χ0) is 11.8. The molecule has 86 valence electrons. The van der Waals surface area contributed by atoms with Crippen molar-refractivity contribution in [1.82, 2.24) is 0 Å². The second-order valence-corrected chi connectivity index (χ2v) is 3.82. The highest BCUT2D eigenvalue weighted by molar-refractivity contribution is 5.97. The van der Waals surface area contributed by atoms with Crippen molar-refractivity contribution in [2.75, 3.05) is 6.54 Å². The molecule has 0 fully saturated rings. The van der Waals surface area contributed by atoms with Gasteiger partial charge in [-0.1, -0.05) is 18.2 Å². The SMILES string of the molecule is [O-][N+]1=C(c2ccccc2)CC(C(F)(F)F)C1. The maximum atomic E-state index is 12.4. The Morgan fingerprint density at radius 2 is 1.81 bits per heavy atom. The van der Waals surface area contributed by atoms with Gasteiger partial charge in [-0.25, -0.2) is 4.74 Å². The van der Waals surface area contributed by atoms with Gasteiger partial charge in [0, 0.05) is 5.56 Å². The topological polar surface area (TPSA) is 26.1 Å². The predicted molar refractivity (Wildman–Crippen MR) is 53.2 cm³/mol. The molecule has 0 radical (unpaired) electrons. The van der Waals surface area contributed by atoms with Gasteiger partial charge in [0.25, 0.3) is 0 Å². The van der Waals surface area contributed by atoms with E-state index in [0.717, 1.165) is 0 Å². The van der Waals surface area contributed by atoms with E-state index in [1.807, 2.05) is 0 Å². The molecule has 5 heteroatoms. The molecule has 0 saturated heterocycles. The summed E-state index contributed by atoms with van der Waals surface area (Å²) < 4.78 is 37.8. The summed E-state index contributed by atoms with van der Waals surface area (Å²) in [7, 11) is 0. The summed E-state index contributed by atoms with van der Waals surface area (Å²) in [6.45, 7) is -0.492. The highest BCUT2D eigenvalue weighted by atomic mass is 19.4. The smallest absolute Gasteiger partial charge is 0.398 e. The van der Waals surface area contributed by atoms with Crippen molar-refractivity contribution in [3.63, 3.8) is 0 Å². The Bertz CT molecular complexity index is 411. The fraction of sp³-hybridized carbons (Fsp3) is 0.364. The number of benzene rings is 1. The number of hydrogen-bond acceptors (Lipinski definition) is 1. The highest BCUT2D eigenvalue weighted by Gasteiger charge is 2.47. The van der Waals surface area contributed by atoms with E-state index < -0.39 is 18.6 Å². The summed E-state index contributed by atoms with van der Waals surface area (Å²) in [4.78, 5) is 0. The van der Waals surface area contributed by atoms with Crippen LogP contribution in [-0.4, -0.2) is 23.2 Å². The normalized spacial score (nSPS) is 21.6. The lowest BCUT2D eigenvalue weighted by Crippen LogP contribution is -2.25. The summed E-state index contributed by atoms with van der Waals surface area (Å²) in [6.07, 6.45) is -4.52. The number of hydroxylamine groups is 1. The van der Waals surface area contributed by atoms with E-state index >= 15 is 0 Å². The number of alkyl halides is 3. The van der Waals surface area contributed by atoms with E-state index in [9.17, 15) is 18.4 Å². The Hall–Kier alpha value is -1.52. The van der Waals surface area contributed by atoms with Gasteiger partial charge in [-0.15, -0.1) is 0 Å². The Morgan fingerprint density at radius 1 is 1.19 bits per heavy atom. The molecule has 1 unspecified atom stereocenters. The lowest BCUT2D eigenvalue weighted by molar-refractivity contribution is -0.462. The van der Waals surface area contributed by atoms with Gasteiger partial charge in [0.2, 0.25) is 0 Å². The van der Waals surface area contributed by atoms with Crippen molar-refractivity contribution >= 4 is 5.71 Å². The third-order valence-corrected chi connectivity index (χ3v) is 2.70. The zero-order valence-corrected chi connectivity index (χ0v) is 8.37. The molecule has 0 aromatic heterocycles. The fourth-order valence-corrected chi connectivity index (χ4v) is 1.82. The van der Waals surface area contributed by atoms with Gasteiger partial charge in [-0.05, 0) is 12.1 Å². The molecule has 0 bridgehead atoms. The highest BCUT2D eigenvalue weighted by Crippen LogP contribution is 2.33. The van der Waals surface area contributed by atoms with Crippen molar-refractivity contribution in [2.45, 2.75) is 12.6 Å². The largest absolute Gasteiger partial charge is 0.624 e. The third kappa shape index (κ3) is 2.03. The quantitative estimate of drug-likeness (QED) is 0.537. The molecule has 16 heavy (non-hydrogen) atoms. The lowest BCUT2D eigenvalue weighted by atomic mass is 10.0. The molecule has 1 aromatic rings. The lowest BCUT2D eigenvalue weighted by Gasteiger charge is -2.10. The maximum absolute atomic E-state index is 12.4. The minimum absolute atomic E-state index is 0.225. The summed E-state index contributed by atoms with van der Waals surface area (Å²) in [6, 6.07) is 8.47. The third-order valence-electron chi connectivity index (χ3n) is 2.70. The Kier molecular flexibility index (Phi) is 2.61. The average Bonchev–Trinajstić information content (AvgIpc) is 2.61. The molecule has 2 rings (SSSR count). The van der Waals surface area contributed by atoms with Gasteiger partial charge in [-0.3, -0.25) is 0 Å². The van der Waals surface area contributed by atoms with Crippen LogP contribution in [0, 0.1) is 11.1 Å². The molecular weight excluding hydrogens is 219 g/mol. The minimum atomic E-state index is -4.29. The van der Waals surface area contributed by atoms with Crippen molar-refractivity contribution in [2.24, 2.45) is 5.92 Å². The van der Waals surface area contributed by atoms with Crippen LogP contribution in [0.4, 0.5) is 13.2 Å². The van der Waals surface area contributed by atoms with E-state index in [2.05, 4.69) is 0 Å². The van der Waals surface area contributed by atoms with Gasteiger partial charge in [0.05, 0.1) is 6.42 Å². The molecule has 0 amide bonds. The number of rotatable bonds is 1. The summed E-state index contributed by atoms with van der Waals surface area (Å²) >= 11 is 0. The summed E-state index contributed by atoms with van der Waals surface area (Å²) in [5.74, 6) is -1.54. The van der Waals surface area contributed by atoms with E-state index in [0.29, 0.717) is 10.3 Å². The van der Waals surface area contributed by atoms with Gasteiger partial charge in [0.1, 0.15) is 5.92 Å². The van der Waals surface area contributed by atoms with Crippen LogP contribution in [0.15, 0.2) is 30.3 Å². The van der Waals surface area contributed by atoms with Crippen LogP contribution in [0.5, 0.6) is 0 Å². The van der Waals surface area contributed by atoms with Crippen molar-refractivity contribution in [1.29, 1.82) is 0 Å². The van der Waals surface area contributed by atoms with Gasteiger partial charge in [0.15, 0.2) is 12.3 Å². The standard InChI is InChI=1S/C11H10F3NO/c12-11(13,14)9-6-10(15(16)7-9)8-4-2-1-3-5-8/h1-5,9H,6-7H2. The van der Waals surface area contributed by atoms with Gasteiger partial charge >= 0.3 is 6.18 Å². The van der Waals surface area contributed by atoms with Crippen molar-refractivity contribution in [3.8, 4) is 0 Å². The van der Waals surface area contributed by atoms with Crippen LogP contribution in [0.25, 0.3) is 0 Å². The first-order valence-electron chi connectivity index (χ1n) is 4.91. The monoisotopic (exact) mass is 229 g/mol. The first-order chi connectivity index (χ1) is 7.48. The molecule has 1 heterocycles. The summed E-state index contributed by atoms with van der Waals surface area (Å²) in [5.41, 5.74) is 0.798. The van der Waals surface area contributed by atoms with Crippen LogP contribution in [0.1, 0.15) is 12.0 Å². The molecule has 0 saturated carbocycles. The van der Waals surface area contributed by atoms with E-state index in [1.54, 1.807) is 30.3 Å². The molecular formula is C11H10F3NO. The van der Waals surface area contributed by atoms with E-state index in [1.165, 1.54) is 0 Å². The average molecular weight is 229 g/mol. The first-order valence-corrected chi connectivity index (χ1v) is 4.91.